The number of methoxy groups -OCH3 is 1. The van der Waals surface area contributed by atoms with E-state index in [1.54, 1.807) is 36.4 Å². The van der Waals surface area contributed by atoms with Crippen LogP contribution in [0, 0.1) is 0 Å². The number of ether oxygens (including phenoxy) is 1. The summed E-state index contributed by atoms with van der Waals surface area (Å²) in [5.74, 6) is 0.00834. The molecule has 7 nitrogen and oxygen atoms in total. The van der Waals surface area contributed by atoms with Crippen molar-refractivity contribution in [1.82, 2.24) is 5.01 Å². The molecule has 0 unspecified atom stereocenters. The van der Waals surface area contributed by atoms with E-state index in [1.807, 2.05) is 30.3 Å². The van der Waals surface area contributed by atoms with Gasteiger partial charge < -0.3 is 4.74 Å². The Morgan fingerprint density at radius 3 is 2.40 bits per heavy atom. The molecule has 1 fully saturated rings. The molecular formula is C18H16N4O3. The number of carbonyl (C=O) groups is 2. The molecule has 2 aliphatic rings. The molecule has 0 radical (unpaired) electrons. The summed E-state index contributed by atoms with van der Waals surface area (Å²) in [4.78, 5) is 26.7. The van der Waals surface area contributed by atoms with Crippen LogP contribution in [0.4, 0.5) is 5.69 Å². The van der Waals surface area contributed by atoms with Gasteiger partial charge in [-0.3, -0.25) is 14.6 Å². The first kappa shape index (κ1) is 15.3. The molecule has 1 saturated heterocycles. The van der Waals surface area contributed by atoms with E-state index in [-0.39, 0.29) is 11.8 Å². The molecule has 25 heavy (non-hydrogen) atoms. The maximum absolute atomic E-state index is 12.9. The minimum absolute atomic E-state index is 0.305. The van der Waals surface area contributed by atoms with E-state index >= 15 is 0 Å². The molecular weight excluding hydrogens is 320 g/mol. The predicted molar refractivity (Wildman–Crippen MR) is 89.9 cm³/mol. The van der Waals surface area contributed by atoms with Gasteiger partial charge in [-0.1, -0.05) is 35.6 Å². The zero-order chi connectivity index (χ0) is 17.4. The van der Waals surface area contributed by atoms with E-state index in [4.69, 9.17) is 4.74 Å². The zero-order valence-corrected chi connectivity index (χ0v) is 13.6. The van der Waals surface area contributed by atoms with Crippen LogP contribution in [0.1, 0.15) is 5.56 Å². The van der Waals surface area contributed by atoms with Crippen molar-refractivity contribution in [2.45, 2.75) is 18.6 Å². The minimum atomic E-state index is -0.779. The van der Waals surface area contributed by atoms with Gasteiger partial charge in [-0.25, -0.2) is 4.90 Å². The van der Waals surface area contributed by atoms with Crippen molar-refractivity contribution >= 4 is 17.5 Å². The number of carbonyl (C=O) groups excluding carboxylic acids is 2. The highest BCUT2D eigenvalue weighted by atomic mass is 16.5. The lowest BCUT2D eigenvalue weighted by molar-refractivity contribution is -0.123. The molecule has 0 bridgehead atoms. The fourth-order valence-corrected chi connectivity index (χ4v) is 3.11. The van der Waals surface area contributed by atoms with Crippen LogP contribution in [0.25, 0.3) is 0 Å². The van der Waals surface area contributed by atoms with E-state index < -0.39 is 12.1 Å². The first-order chi connectivity index (χ1) is 12.2. The third-order valence-corrected chi connectivity index (χ3v) is 4.38. The van der Waals surface area contributed by atoms with Gasteiger partial charge >= 0.3 is 0 Å². The zero-order valence-electron chi connectivity index (χ0n) is 13.6. The van der Waals surface area contributed by atoms with Crippen molar-refractivity contribution in [3.63, 3.8) is 0 Å². The molecule has 2 aromatic carbocycles. The van der Waals surface area contributed by atoms with Crippen molar-refractivity contribution in [1.29, 1.82) is 0 Å². The van der Waals surface area contributed by atoms with Crippen molar-refractivity contribution in [2.24, 2.45) is 10.3 Å². The lowest BCUT2D eigenvalue weighted by Gasteiger charge is -2.20. The average Bonchev–Trinajstić information content (AvgIpc) is 3.16. The summed E-state index contributed by atoms with van der Waals surface area (Å²) >= 11 is 0. The highest BCUT2D eigenvalue weighted by Gasteiger charge is 2.54. The normalized spacial score (nSPS) is 21.8. The van der Waals surface area contributed by atoms with Crippen LogP contribution >= 0.6 is 0 Å². The summed E-state index contributed by atoms with van der Waals surface area (Å²) in [5.41, 5.74) is 1.52. The van der Waals surface area contributed by atoms with Crippen molar-refractivity contribution < 1.29 is 14.3 Å². The Hall–Kier alpha value is -3.22. The Labute approximate surface area is 144 Å². The van der Waals surface area contributed by atoms with Crippen LogP contribution in [-0.2, 0) is 16.1 Å². The monoisotopic (exact) mass is 336 g/mol. The fraction of sp³-hybridized carbons (Fsp3) is 0.222. The Morgan fingerprint density at radius 1 is 1.00 bits per heavy atom. The molecule has 0 saturated carbocycles. The van der Waals surface area contributed by atoms with Crippen molar-refractivity contribution in [3.8, 4) is 5.75 Å². The Balaban J connectivity index is 1.59. The molecule has 2 aliphatic heterocycles. The number of anilines is 1. The standard InChI is InChI=1S/C18H16N4O3/c1-25-14-9-7-13(8-10-14)22-17(23)15-16(18(22)24)21(20-19-15)11-12-5-3-2-4-6-12/h2-10,15-16H,11H2,1H3/t15-,16-/m0/s1. The van der Waals surface area contributed by atoms with Crippen LogP contribution in [0.5, 0.6) is 5.75 Å². The molecule has 7 heteroatoms. The Morgan fingerprint density at radius 2 is 1.72 bits per heavy atom. The molecule has 0 aliphatic carbocycles. The number of hydrogen-bond donors (Lipinski definition) is 0. The van der Waals surface area contributed by atoms with Gasteiger partial charge in [0.2, 0.25) is 0 Å². The number of amides is 2. The second kappa shape index (κ2) is 6.01. The van der Waals surface area contributed by atoms with Crippen LogP contribution in [-0.4, -0.2) is 36.0 Å². The summed E-state index contributed by atoms with van der Waals surface area (Å²) in [6.45, 7) is 0.432. The Kier molecular flexibility index (Phi) is 3.68. The quantitative estimate of drug-likeness (QED) is 0.802. The van der Waals surface area contributed by atoms with E-state index in [0.29, 0.717) is 18.0 Å². The third kappa shape index (κ3) is 2.53. The molecule has 2 atom stereocenters. The van der Waals surface area contributed by atoms with Crippen LogP contribution in [0.2, 0.25) is 0 Å². The summed E-state index contributed by atoms with van der Waals surface area (Å²) in [6.07, 6.45) is 0. The van der Waals surface area contributed by atoms with Crippen molar-refractivity contribution in [2.75, 3.05) is 12.0 Å². The maximum atomic E-state index is 12.9. The molecule has 0 N–H and O–H groups in total. The molecule has 4 rings (SSSR count). The van der Waals surface area contributed by atoms with Crippen LogP contribution in [0.3, 0.4) is 0 Å². The second-order valence-corrected chi connectivity index (χ2v) is 5.89. The Bertz CT molecular complexity index is 835. The summed E-state index contributed by atoms with van der Waals surface area (Å²) in [6, 6.07) is 15.0. The number of benzene rings is 2. The molecule has 0 spiro atoms. The van der Waals surface area contributed by atoms with Gasteiger partial charge in [0, 0.05) is 0 Å². The third-order valence-electron chi connectivity index (χ3n) is 4.38. The van der Waals surface area contributed by atoms with E-state index in [0.717, 1.165) is 5.56 Å². The number of fused-ring (bicyclic) bond motifs is 1. The number of rotatable bonds is 4. The minimum Gasteiger partial charge on any atom is -0.497 e. The van der Waals surface area contributed by atoms with Gasteiger partial charge in [0.15, 0.2) is 12.1 Å². The number of imide groups is 1. The summed E-state index contributed by atoms with van der Waals surface area (Å²) in [7, 11) is 1.56. The summed E-state index contributed by atoms with van der Waals surface area (Å²) < 4.78 is 5.11. The number of nitrogens with zero attached hydrogens (tertiary/aromatic N) is 4. The lowest BCUT2D eigenvalue weighted by atomic mass is 10.1. The summed E-state index contributed by atoms with van der Waals surface area (Å²) in [5, 5.41) is 9.66. The molecule has 2 heterocycles. The molecule has 2 amide bonds. The smallest absolute Gasteiger partial charge is 0.263 e. The topological polar surface area (TPSA) is 74.6 Å². The van der Waals surface area contributed by atoms with Gasteiger partial charge in [-0.15, -0.1) is 0 Å². The van der Waals surface area contributed by atoms with E-state index in [9.17, 15) is 9.59 Å². The van der Waals surface area contributed by atoms with Crippen LogP contribution < -0.4 is 9.64 Å². The highest BCUT2D eigenvalue weighted by Crippen LogP contribution is 2.33. The molecule has 126 valence electrons. The number of hydrogen-bond acceptors (Lipinski definition) is 6. The second-order valence-electron chi connectivity index (χ2n) is 5.89. The highest BCUT2D eigenvalue weighted by molar-refractivity contribution is 6.25. The van der Waals surface area contributed by atoms with Crippen molar-refractivity contribution in [3.05, 3.63) is 60.2 Å². The SMILES string of the molecule is COc1ccc(N2C(=O)[C@H]3N=NN(Cc4ccccc4)[C@@H]3C2=O)cc1. The molecule has 0 aromatic heterocycles. The van der Waals surface area contributed by atoms with Crippen LogP contribution in [0.15, 0.2) is 64.9 Å². The van der Waals surface area contributed by atoms with Gasteiger partial charge in [0.25, 0.3) is 11.8 Å². The van der Waals surface area contributed by atoms with Gasteiger partial charge in [-0.2, -0.15) is 5.11 Å². The van der Waals surface area contributed by atoms with E-state index in [2.05, 4.69) is 10.3 Å². The molecule has 2 aromatic rings. The lowest BCUT2D eigenvalue weighted by Crippen LogP contribution is -2.39. The average molecular weight is 336 g/mol. The first-order valence-electron chi connectivity index (χ1n) is 7.92. The van der Waals surface area contributed by atoms with Gasteiger partial charge in [-0.05, 0) is 29.8 Å². The van der Waals surface area contributed by atoms with Gasteiger partial charge in [0.05, 0.1) is 19.3 Å². The fourth-order valence-electron chi connectivity index (χ4n) is 3.11. The van der Waals surface area contributed by atoms with Gasteiger partial charge in [0.1, 0.15) is 5.75 Å². The maximum Gasteiger partial charge on any atom is 0.263 e. The largest absolute Gasteiger partial charge is 0.497 e. The first-order valence-corrected chi connectivity index (χ1v) is 7.92. The van der Waals surface area contributed by atoms with E-state index in [1.165, 1.54) is 4.90 Å². The predicted octanol–water partition coefficient (Wildman–Crippen LogP) is 2.19.